The maximum atomic E-state index is 5.92. The molecule has 0 saturated carbocycles. The van der Waals surface area contributed by atoms with Crippen LogP contribution in [0.2, 0.25) is 5.02 Å². The molecule has 1 unspecified atom stereocenters. The summed E-state index contributed by atoms with van der Waals surface area (Å²) in [5.74, 6) is 0. The summed E-state index contributed by atoms with van der Waals surface area (Å²) < 4.78 is 7.76. The largest absolute Gasteiger partial charge is 0.376 e. The number of hydrogen-bond acceptors (Lipinski definition) is 2. The van der Waals surface area contributed by atoms with Gasteiger partial charge in [0.25, 0.3) is 0 Å². The molecule has 0 amide bonds. The van der Waals surface area contributed by atoms with Crippen LogP contribution in [-0.4, -0.2) is 22.3 Å². The van der Waals surface area contributed by atoms with Gasteiger partial charge in [0, 0.05) is 11.6 Å². The normalized spacial score (nSPS) is 20.7. The lowest BCUT2D eigenvalue weighted by Gasteiger charge is -2.10. The van der Waals surface area contributed by atoms with Gasteiger partial charge in [-0.3, -0.25) is 0 Å². The molecule has 1 atom stereocenters. The van der Waals surface area contributed by atoms with Crippen LogP contribution in [0.1, 0.15) is 12.8 Å². The molecule has 1 saturated heterocycles. The monoisotopic (exact) mass is 236 g/mol. The quantitative estimate of drug-likeness (QED) is 0.802. The van der Waals surface area contributed by atoms with Gasteiger partial charge in [-0.05, 0) is 31.0 Å². The summed E-state index contributed by atoms with van der Waals surface area (Å²) in [6, 6.07) is 5.81. The van der Waals surface area contributed by atoms with Crippen molar-refractivity contribution in [1.82, 2.24) is 9.55 Å². The minimum absolute atomic E-state index is 0.341. The fourth-order valence-corrected chi connectivity index (χ4v) is 2.36. The van der Waals surface area contributed by atoms with E-state index in [1.54, 1.807) is 0 Å². The Morgan fingerprint density at radius 1 is 1.50 bits per heavy atom. The molecule has 0 N–H and O–H groups in total. The van der Waals surface area contributed by atoms with E-state index in [1.807, 2.05) is 24.5 Å². The first-order chi connectivity index (χ1) is 7.83. The van der Waals surface area contributed by atoms with Gasteiger partial charge < -0.3 is 9.30 Å². The molecule has 84 valence electrons. The maximum absolute atomic E-state index is 5.92. The molecule has 0 radical (unpaired) electrons. The van der Waals surface area contributed by atoms with Gasteiger partial charge in [-0.1, -0.05) is 11.6 Å². The van der Waals surface area contributed by atoms with Gasteiger partial charge in [0.2, 0.25) is 0 Å². The zero-order valence-electron chi connectivity index (χ0n) is 8.90. The number of ether oxygens (including phenoxy) is 1. The topological polar surface area (TPSA) is 27.1 Å². The fraction of sp³-hybridized carbons (Fsp3) is 0.417. The molecular formula is C12H13ClN2O. The van der Waals surface area contributed by atoms with Crippen LogP contribution in [0, 0.1) is 0 Å². The van der Waals surface area contributed by atoms with Crippen molar-refractivity contribution >= 4 is 22.6 Å². The van der Waals surface area contributed by atoms with Crippen molar-refractivity contribution in [2.24, 2.45) is 0 Å². The second-order valence-electron chi connectivity index (χ2n) is 4.16. The van der Waals surface area contributed by atoms with E-state index in [9.17, 15) is 0 Å². The number of benzene rings is 1. The third-order valence-electron chi connectivity index (χ3n) is 3.01. The number of nitrogens with zero attached hydrogens (tertiary/aromatic N) is 2. The smallest absolute Gasteiger partial charge is 0.0959 e. The second kappa shape index (κ2) is 4.07. The molecular weight excluding hydrogens is 224 g/mol. The Bertz CT molecular complexity index is 503. The molecule has 0 spiro atoms. The number of rotatable bonds is 2. The molecule has 4 heteroatoms. The van der Waals surface area contributed by atoms with E-state index in [1.165, 1.54) is 6.42 Å². The highest BCUT2D eigenvalue weighted by Crippen LogP contribution is 2.20. The molecule has 0 aliphatic carbocycles. The van der Waals surface area contributed by atoms with Crippen molar-refractivity contribution in [3.63, 3.8) is 0 Å². The summed E-state index contributed by atoms with van der Waals surface area (Å²) in [6.45, 7) is 1.78. The highest BCUT2D eigenvalue weighted by atomic mass is 35.5. The summed E-state index contributed by atoms with van der Waals surface area (Å²) >= 11 is 5.92. The van der Waals surface area contributed by atoms with Crippen molar-refractivity contribution in [1.29, 1.82) is 0 Å². The van der Waals surface area contributed by atoms with Crippen LogP contribution in [-0.2, 0) is 11.3 Å². The number of halogens is 1. The number of hydrogen-bond donors (Lipinski definition) is 0. The van der Waals surface area contributed by atoms with Crippen LogP contribution < -0.4 is 0 Å². The van der Waals surface area contributed by atoms with Crippen molar-refractivity contribution in [2.45, 2.75) is 25.5 Å². The van der Waals surface area contributed by atoms with E-state index >= 15 is 0 Å². The molecule has 16 heavy (non-hydrogen) atoms. The molecule has 1 aromatic heterocycles. The molecule has 0 bridgehead atoms. The molecule has 1 aliphatic heterocycles. The molecule has 3 nitrogen and oxygen atoms in total. The van der Waals surface area contributed by atoms with Crippen LogP contribution in [0.15, 0.2) is 24.5 Å². The van der Waals surface area contributed by atoms with Crippen molar-refractivity contribution in [2.75, 3.05) is 6.61 Å². The molecule has 1 aromatic carbocycles. The first kappa shape index (κ1) is 10.1. The van der Waals surface area contributed by atoms with Gasteiger partial charge >= 0.3 is 0 Å². The fourth-order valence-electron chi connectivity index (χ4n) is 2.19. The van der Waals surface area contributed by atoms with E-state index in [0.29, 0.717) is 6.10 Å². The lowest BCUT2D eigenvalue weighted by Crippen LogP contribution is -2.13. The molecule has 2 aromatic rings. The third-order valence-corrected chi connectivity index (χ3v) is 3.24. The van der Waals surface area contributed by atoms with Gasteiger partial charge in [0.1, 0.15) is 0 Å². The van der Waals surface area contributed by atoms with Crippen LogP contribution in [0.4, 0.5) is 0 Å². The van der Waals surface area contributed by atoms with E-state index in [-0.39, 0.29) is 0 Å². The Hall–Kier alpha value is -1.06. The van der Waals surface area contributed by atoms with E-state index in [4.69, 9.17) is 16.3 Å². The lowest BCUT2D eigenvalue weighted by atomic mass is 10.2. The predicted molar refractivity (Wildman–Crippen MR) is 63.7 cm³/mol. The number of fused-ring (bicyclic) bond motifs is 1. The zero-order chi connectivity index (χ0) is 11.0. The SMILES string of the molecule is Clc1ccc2c(c1)ncn2CC1CCCO1. The Balaban J connectivity index is 1.91. The predicted octanol–water partition coefficient (Wildman–Crippen LogP) is 2.87. The highest BCUT2D eigenvalue weighted by Gasteiger charge is 2.16. The first-order valence-electron chi connectivity index (χ1n) is 5.55. The highest BCUT2D eigenvalue weighted by molar-refractivity contribution is 6.31. The summed E-state index contributed by atoms with van der Waals surface area (Å²) in [6.07, 6.45) is 4.52. The third kappa shape index (κ3) is 1.81. The van der Waals surface area contributed by atoms with Gasteiger partial charge in [-0.2, -0.15) is 0 Å². The Morgan fingerprint density at radius 3 is 3.25 bits per heavy atom. The summed E-state index contributed by atoms with van der Waals surface area (Å²) in [4.78, 5) is 4.34. The average Bonchev–Trinajstić information content (AvgIpc) is 2.89. The summed E-state index contributed by atoms with van der Waals surface area (Å²) in [5, 5.41) is 0.731. The minimum Gasteiger partial charge on any atom is -0.376 e. The van der Waals surface area contributed by atoms with Gasteiger partial charge in [-0.15, -0.1) is 0 Å². The zero-order valence-corrected chi connectivity index (χ0v) is 9.65. The second-order valence-corrected chi connectivity index (χ2v) is 4.60. The van der Waals surface area contributed by atoms with Gasteiger partial charge in [0.15, 0.2) is 0 Å². The van der Waals surface area contributed by atoms with Crippen LogP contribution in [0.25, 0.3) is 11.0 Å². The lowest BCUT2D eigenvalue weighted by molar-refractivity contribution is 0.0979. The van der Waals surface area contributed by atoms with Crippen LogP contribution >= 0.6 is 11.6 Å². The Labute approximate surface area is 99.0 Å². The van der Waals surface area contributed by atoms with E-state index in [2.05, 4.69) is 9.55 Å². The van der Waals surface area contributed by atoms with Gasteiger partial charge in [-0.25, -0.2) is 4.98 Å². The van der Waals surface area contributed by atoms with Crippen molar-refractivity contribution in [3.05, 3.63) is 29.5 Å². The van der Waals surface area contributed by atoms with E-state index < -0.39 is 0 Å². The van der Waals surface area contributed by atoms with Crippen LogP contribution in [0.3, 0.4) is 0 Å². The Morgan fingerprint density at radius 2 is 2.44 bits per heavy atom. The number of aromatic nitrogens is 2. The summed E-state index contributed by atoms with van der Waals surface area (Å²) in [5.41, 5.74) is 2.07. The van der Waals surface area contributed by atoms with Crippen molar-refractivity contribution < 1.29 is 4.74 Å². The summed E-state index contributed by atoms with van der Waals surface area (Å²) in [7, 11) is 0. The van der Waals surface area contributed by atoms with Crippen molar-refractivity contribution in [3.8, 4) is 0 Å². The molecule has 1 fully saturated rings. The van der Waals surface area contributed by atoms with E-state index in [0.717, 1.165) is 35.6 Å². The minimum atomic E-state index is 0.341. The molecule has 1 aliphatic rings. The van der Waals surface area contributed by atoms with Crippen LogP contribution in [0.5, 0.6) is 0 Å². The standard InChI is InChI=1S/C12H13ClN2O/c13-9-3-4-12-11(6-9)14-8-15(12)7-10-2-1-5-16-10/h3-4,6,8,10H,1-2,5,7H2. The molecule has 2 heterocycles. The average molecular weight is 237 g/mol. The maximum Gasteiger partial charge on any atom is 0.0959 e. The first-order valence-corrected chi connectivity index (χ1v) is 5.93. The Kier molecular flexibility index (Phi) is 2.58. The molecule has 3 rings (SSSR count). The number of imidazole rings is 1. The van der Waals surface area contributed by atoms with Gasteiger partial charge in [0.05, 0.1) is 30.0 Å².